The van der Waals surface area contributed by atoms with Gasteiger partial charge in [-0.05, 0) is 30.2 Å². The number of halogens is 1. The Labute approximate surface area is 129 Å². The van der Waals surface area contributed by atoms with E-state index in [2.05, 4.69) is 0 Å². The molecule has 0 aliphatic carbocycles. The van der Waals surface area contributed by atoms with Gasteiger partial charge in [0.15, 0.2) is 0 Å². The van der Waals surface area contributed by atoms with E-state index in [-0.39, 0.29) is 0 Å². The third kappa shape index (κ3) is 6.45. The molecule has 1 rings (SSSR count). The molecule has 0 aliphatic heterocycles. The minimum absolute atomic E-state index is 0.505. The fourth-order valence-corrected chi connectivity index (χ4v) is 2.03. The Bertz CT molecular complexity index is 521. The summed E-state index contributed by atoms with van der Waals surface area (Å²) in [5, 5.41) is 0.608. The van der Waals surface area contributed by atoms with Gasteiger partial charge in [0, 0.05) is 24.4 Å². The van der Waals surface area contributed by atoms with Crippen LogP contribution in [-0.4, -0.2) is 18.2 Å². The van der Waals surface area contributed by atoms with Crippen molar-refractivity contribution in [2.24, 2.45) is 0 Å². The summed E-state index contributed by atoms with van der Waals surface area (Å²) < 4.78 is 10.2. The van der Waals surface area contributed by atoms with E-state index >= 15 is 0 Å². The van der Waals surface area contributed by atoms with Crippen molar-refractivity contribution in [3.63, 3.8) is 0 Å². The Kier molecular flexibility index (Phi) is 6.96. The molecule has 0 saturated carbocycles. The van der Waals surface area contributed by atoms with Crippen molar-refractivity contribution in [1.82, 2.24) is 0 Å². The minimum Gasteiger partial charge on any atom is -0.421 e. The van der Waals surface area contributed by atoms with Crippen molar-refractivity contribution in [2.75, 3.05) is 0 Å². The van der Waals surface area contributed by atoms with Crippen LogP contribution in [0.1, 0.15) is 39.2 Å². The van der Waals surface area contributed by atoms with E-state index in [1.165, 1.54) is 13.8 Å². The normalized spacial score (nSPS) is 11.4. The number of carbonyl (C=O) groups excluding carboxylic acids is 2. The highest BCUT2D eigenvalue weighted by Gasteiger charge is 2.20. The predicted molar refractivity (Wildman–Crippen MR) is 81.7 cm³/mol. The Balaban J connectivity index is 3.09. The molecule has 4 nitrogen and oxygen atoms in total. The molecule has 0 spiro atoms. The SMILES string of the molecule is CCCC(=Cc1cccc(Cl)c1)C(OC(C)=O)OC(C)=O. The Hall–Kier alpha value is -1.81. The molecular formula is C16H19ClO4. The third-order valence-corrected chi connectivity index (χ3v) is 2.82. The van der Waals surface area contributed by atoms with Crippen LogP contribution in [0.15, 0.2) is 29.8 Å². The lowest BCUT2D eigenvalue weighted by Crippen LogP contribution is -2.24. The molecule has 5 heteroatoms. The van der Waals surface area contributed by atoms with Gasteiger partial charge in [-0.15, -0.1) is 0 Å². The zero-order valence-electron chi connectivity index (χ0n) is 12.4. The van der Waals surface area contributed by atoms with Crippen LogP contribution in [0, 0.1) is 0 Å². The van der Waals surface area contributed by atoms with Gasteiger partial charge < -0.3 is 9.47 Å². The predicted octanol–water partition coefficient (Wildman–Crippen LogP) is 3.98. The van der Waals surface area contributed by atoms with Crippen molar-refractivity contribution in [3.05, 3.63) is 40.4 Å². The number of ether oxygens (including phenoxy) is 2. The highest BCUT2D eigenvalue weighted by molar-refractivity contribution is 6.30. The van der Waals surface area contributed by atoms with Crippen molar-refractivity contribution >= 4 is 29.6 Å². The Morgan fingerprint density at radius 3 is 2.33 bits per heavy atom. The summed E-state index contributed by atoms with van der Waals surface area (Å²) in [6.45, 7) is 4.54. The first-order valence-corrected chi connectivity index (χ1v) is 7.10. The molecule has 114 valence electrons. The second kappa shape index (κ2) is 8.47. The van der Waals surface area contributed by atoms with Crippen LogP contribution in [0.2, 0.25) is 5.02 Å². The minimum atomic E-state index is -1.00. The van der Waals surface area contributed by atoms with Crippen molar-refractivity contribution < 1.29 is 19.1 Å². The molecule has 0 radical (unpaired) electrons. The molecule has 0 saturated heterocycles. The van der Waals surface area contributed by atoms with Gasteiger partial charge in [0.05, 0.1) is 0 Å². The fraction of sp³-hybridized carbons (Fsp3) is 0.375. The van der Waals surface area contributed by atoms with Crippen LogP contribution in [0.5, 0.6) is 0 Å². The van der Waals surface area contributed by atoms with Crippen LogP contribution in [0.25, 0.3) is 6.08 Å². The van der Waals surface area contributed by atoms with E-state index in [9.17, 15) is 9.59 Å². The number of esters is 2. The summed E-state index contributed by atoms with van der Waals surface area (Å²) in [5.41, 5.74) is 1.57. The molecule has 0 fully saturated rings. The van der Waals surface area contributed by atoms with Gasteiger partial charge in [-0.1, -0.05) is 37.1 Å². The number of carbonyl (C=O) groups is 2. The third-order valence-electron chi connectivity index (χ3n) is 2.59. The average molecular weight is 311 g/mol. The lowest BCUT2D eigenvalue weighted by atomic mass is 10.1. The molecule has 0 atom stereocenters. The molecule has 1 aromatic carbocycles. The maximum absolute atomic E-state index is 11.2. The number of rotatable bonds is 6. The van der Waals surface area contributed by atoms with Crippen LogP contribution in [0.3, 0.4) is 0 Å². The monoisotopic (exact) mass is 310 g/mol. The van der Waals surface area contributed by atoms with Crippen LogP contribution in [-0.2, 0) is 19.1 Å². The number of benzene rings is 1. The largest absolute Gasteiger partial charge is 0.421 e. The summed E-state index contributed by atoms with van der Waals surface area (Å²) in [5.74, 6) is -1.01. The maximum Gasteiger partial charge on any atom is 0.305 e. The standard InChI is InChI=1S/C16H19ClO4/c1-4-6-14(9-13-7-5-8-15(17)10-13)16(20-11(2)18)21-12(3)19/h5,7-10,16H,4,6H2,1-3H3. The summed E-state index contributed by atoms with van der Waals surface area (Å²) >= 11 is 5.95. The lowest BCUT2D eigenvalue weighted by Gasteiger charge is -2.19. The van der Waals surface area contributed by atoms with Crippen LogP contribution >= 0.6 is 11.6 Å². The lowest BCUT2D eigenvalue weighted by molar-refractivity contribution is -0.178. The first-order chi connectivity index (χ1) is 9.92. The summed E-state index contributed by atoms with van der Waals surface area (Å²) in [6.07, 6.45) is 2.29. The van der Waals surface area contributed by atoms with E-state index < -0.39 is 18.2 Å². The number of hydrogen-bond acceptors (Lipinski definition) is 4. The molecule has 0 unspecified atom stereocenters. The highest BCUT2D eigenvalue weighted by Crippen LogP contribution is 2.21. The van der Waals surface area contributed by atoms with Gasteiger partial charge in [0.25, 0.3) is 6.29 Å². The van der Waals surface area contributed by atoms with Crippen LogP contribution < -0.4 is 0 Å². The van der Waals surface area contributed by atoms with Gasteiger partial charge in [-0.3, -0.25) is 9.59 Å². The molecule has 0 heterocycles. The second-order valence-electron chi connectivity index (χ2n) is 4.58. The van der Waals surface area contributed by atoms with Crippen molar-refractivity contribution in [3.8, 4) is 0 Å². The number of hydrogen-bond donors (Lipinski definition) is 0. The second-order valence-corrected chi connectivity index (χ2v) is 5.01. The maximum atomic E-state index is 11.2. The smallest absolute Gasteiger partial charge is 0.305 e. The summed E-state index contributed by atoms with van der Waals surface area (Å²) in [6, 6.07) is 7.26. The molecule has 0 aliphatic rings. The molecule has 21 heavy (non-hydrogen) atoms. The van der Waals surface area contributed by atoms with Crippen molar-refractivity contribution in [2.45, 2.75) is 39.9 Å². The quantitative estimate of drug-likeness (QED) is 0.589. The first-order valence-electron chi connectivity index (χ1n) is 6.72. The molecule has 0 N–H and O–H groups in total. The van der Waals surface area contributed by atoms with Crippen molar-refractivity contribution in [1.29, 1.82) is 0 Å². The summed E-state index contributed by atoms with van der Waals surface area (Å²) in [7, 11) is 0. The van der Waals surface area contributed by atoms with E-state index in [1.807, 2.05) is 25.1 Å². The highest BCUT2D eigenvalue weighted by atomic mass is 35.5. The van der Waals surface area contributed by atoms with E-state index in [0.717, 1.165) is 12.0 Å². The van der Waals surface area contributed by atoms with Gasteiger partial charge in [0.1, 0.15) is 0 Å². The van der Waals surface area contributed by atoms with Gasteiger partial charge in [0.2, 0.25) is 0 Å². The Morgan fingerprint density at radius 1 is 1.24 bits per heavy atom. The van der Waals surface area contributed by atoms with Gasteiger partial charge >= 0.3 is 11.9 Å². The zero-order valence-corrected chi connectivity index (χ0v) is 13.1. The van der Waals surface area contributed by atoms with Gasteiger partial charge in [-0.2, -0.15) is 0 Å². The Morgan fingerprint density at radius 2 is 1.86 bits per heavy atom. The topological polar surface area (TPSA) is 52.6 Å². The van der Waals surface area contributed by atoms with E-state index in [1.54, 1.807) is 12.1 Å². The average Bonchev–Trinajstić information content (AvgIpc) is 2.36. The molecular weight excluding hydrogens is 292 g/mol. The van der Waals surface area contributed by atoms with Gasteiger partial charge in [-0.25, -0.2) is 0 Å². The van der Waals surface area contributed by atoms with Crippen LogP contribution in [0.4, 0.5) is 0 Å². The zero-order chi connectivity index (χ0) is 15.8. The van der Waals surface area contributed by atoms with E-state index in [0.29, 0.717) is 17.0 Å². The van der Waals surface area contributed by atoms with E-state index in [4.69, 9.17) is 21.1 Å². The molecule has 0 bridgehead atoms. The molecule has 1 aromatic rings. The fourth-order valence-electron chi connectivity index (χ4n) is 1.83. The molecule has 0 amide bonds. The summed E-state index contributed by atoms with van der Waals surface area (Å²) in [4.78, 5) is 22.4. The first kappa shape index (κ1) is 17.2. The molecule has 0 aromatic heterocycles.